The number of hydrogen-bond acceptors (Lipinski definition) is 4. The second kappa shape index (κ2) is 4.16. The standard InChI is InChI=1S/C11H12N4O/c1-7-2-4-8(5-3-7)9-6-10(16)14-11(13-9)15-12/h2-6H,12H2,1H3,(H2,13,14,15,16). The van der Waals surface area contributed by atoms with Gasteiger partial charge in [0.1, 0.15) is 0 Å². The molecule has 0 fully saturated rings. The van der Waals surface area contributed by atoms with Crippen LogP contribution in [0.2, 0.25) is 0 Å². The molecule has 0 saturated heterocycles. The van der Waals surface area contributed by atoms with Crippen molar-refractivity contribution >= 4 is 5.95 Å². The molecule has 0 radical (unpaired) electrons. The van der Waals surface area contributed by atoms with Crippen molar-refractivity contribution in [2.45, 2.75) is 6.92 Å². The molecule has 0 aliphatic carbocycles. The van der Waals surface area contributed by atoms with Gasteiger partial charge in [0.05, 0.1) is 5.69 Å². The van der Waals surface area contributed by atoms with Crippen molar-refractivity contribution in [3.63, 3.8) is 0 Å². The van der Waals surface area contributed by atoms with Gasteiger partial charge in [0.2, 0.25) is 5.95 Å². The number of nitrogens with one attached hydrogen (secondary N) is 2. The van der Waals surface area contributed by atoms with E-state index in [-0.39, 0.29) is 11.5 Å². The Hall–Kier alpha value is -2.14. The molecule has 2 rings (SSSR count). The first-order valence-electron chi connectivity index (χ1n) is 4.84. The monoisotopic (exact) mass is 216 g/mol. The van der Waals surface area contributed by atoms with Gasteiger partial charge in [-0.1, -0.05) is 29.8 Å². The average Bonchev–Trinajstić information content (AvgIpc) is 2.29. The summed E-state index contributed by atoms with van der Waals surface area (Å²) < 4.78 is 0. The maximum atomic E-state index is 11.3. The van der Waals surface area contributed by atoms with Crippen LogP contribution in [0.25, 0.3) is 11.3 Å². The summed E-state index contributed by atoms with van der Waals surface area (Å²) in [7, 11) is 0. The topological polar surface area (TPSA) is 83.8 Å². The first-order valence-corrected chi connectivity index (χ1v) is 4.84. The number of hydrazine groups is 1. The number of anilines is 1. The van der Waals surface area contributed by atoms with Crippen molar-refractivity contribution in [2.24, 2.45) is 5.84 Å². The molecule has 4 N–H and O–H groups in total. The van der Waals surface area contributed by atoms with Crippen molar-refractivity contribution in [1.82, 2.24) is 9.97 Å². The second-order valence-electron chi connectivity index (χ2n) is 3.49. The van der Waals surface area contributed by atoms with Gasteiger partial charge in [-0.05, 0) is 6.92 Å². The van der Waals surface area contributed by atoms with E-state index in [1.807, 2.05) is 31.2 Å². The van der Waals surface area contributed by atoms with Crippen LogP contribution >= 0.6 is 0 Å². The van der Waals surface area contributed by atoms with Crippen LogP contribution in [0.3, 0.4) is 0 Å². The van der Waals surface area contributed by atoms with Crippen LogP contribution in [0.4, 0.5) is 5.95 Å². The Bertz CT molecular complexity index is 545. The number of aromatic nitrogens is 2. The van der Waals surface area contributed by atoms with Crippen LogP contribution in [0.5, 0.6) is 0 Å². The summed E-state index contributed by atoms with van der Waals surface area (Å²) in [5.41, 5.74) is 4.72. The highest BCUT2D eigenvalue weighted by Gasteiger charge is 2.02. The second-order valence-corrected chi connectivity index (χ2v) is 3.49. The number of nitrogen functional groups attached to an aromatic ring is 1. The van der Waals surface area contributed by atoms with E-state index in [2.05, 4.69) is 15.4 Å². The molecule has 2 aromatic rings. The fraction of sp³-hybridized carbons (Fsp3) is 0.0909. The lowest BCUT2D eigenvalue weighted by atomic mass is 10.1. The lowest BCUT2D eigenvalue weighted by Crippen LogP contribution is -2.16. The summed E-state index contributed by atoms with van der Waals surface area (Å²) in [6.07, 6.45) is 0. The van der Waals surface area contributed by atoms with Gasteiger partial charge in [-0.25, -0.2) is 10.8 Å². The molecule has 16 heavy (non-hydrogen) atoms. The van der Waals surface area contributed by atoms with Crippen LogP contribution in [-0.2, 0) is 0 Å². The SMILES string of the molecule is Cc1ccc(-c2cc(=O)[nH]c(NN)n2)cc1. The van der Waals surface area contributed by atoms with E-state index in [1.165, 1.54) is 6.07 Å². The van der Waals surface area contributed by atoms with E-state index in [0.717, 1.165) is 11.1 Å². The van der Waals surface area contributed by atoms with E-state index in [4.69, 9.17) is 5.84 Å². The predicted octanol–water partition coefficient (Wildman–Crippen LogP) is 1.03. The molecule has 0 atom stereocenters. The zero-order chi connectivity index (χ0) is 11.5. The molecule has 0 bridgehead atoms. The van der Waals surface area contributed by atoms with Crippen molar-refractivity contribution in [2.75, 3.05) is 5.43 Å². The minimum absolute atomic E-state index is 0.237. The van der Waals surface area contributed by atoms with E-state index in [9.17, 15) is 4.79 Å². The molecule has 1 aromatic carbocycles. The van der Waals surface area contributed by atoms with Crippen LogP contribution in [-0.4, -0.2) is 9.97 Å². The maximum Gasteiger partial charge on any atom is 0.252 e. The molecule has 0 aliphatic rings. The van der Waals surface area contributed by atoms with Crippen LogP contribution in [0.1, 0.15) is 5.56 Å². The number of nitrogens with zero attached hydrogens (tertiary/aromatic N) is 1. The van der Waals surface area contributed by atoms with Gasteiger partial charge >= 0.3 is 0 Å². The highest BCUT2D eigenvalue weighted by molar-refractivity contribution is 5.60. The third-order valence-corrected chi connectivity index (χ3v) is 2.23. The molecule has 0 saturated carbocycles. The van der Waals surface area contributed by atoms with Crippen LogP contribution in [0.15, 0.2) is 35.1 Å². The molecular formula is C11H12N4O. The van der Waals surface area contributed by atoms with Gasteiger partial charge in [0, 0.05) is 11.6 Å². The van der Waals surface area contributed by atoms with Crippen molar-refractivity contribution in [1.29, 1.82) is 0 Å². The summed E-state index contributed by atoms with van der Waals surface area (Å²) in [6, 6.07) is 9.20. The van der Waals surface area contributed by atoms with Crippen molar-refractivity contribution in [3.8, 4) is 11.3 Å². The van der Waals surface area contributed by atoms with E-state index >= 15 is 0 Å². The Morgan fingerprint density at radius 1 is 1.31 bits per heavy atom. The minimum atomic E-state index is -0.237. The Kier molecular flexibility index (Phi) is 2.70. The van der Waals surface area contributed by atoms with Crippen LogP contribution in [0, 0.1) is 6.92 Å². The fourth-order valence-corrected chi connectivity index (χ4v) is 1.40. The Morgan fingerprint density at radius 2 is 2.00 bits per heavy atom. The fourth-order valence-electron chi connectivity index (χ4n) is 1.40. The molecule has 82 valence electrons. The number of H-pyrrole nitrogens is 1. The van der Waals surface area contributed by atoms with E-state index < -0.39 is 0 Å². The first-order chi connectivity index (χ1) is 7.69. The summed E-state index contributed by atoms with van der Waals surface area (Å²) in [6.45, 7) is 2.00. The average molecular weight is 216 g/mol. The third kappa shape index (κ3) is 2.09. The molecule has 5 nitrogen and oxygen atoms in total. The predicted molar refractivity (Wildman–Crippen MR) is 62.8 cm³/mol. The Labute approximate surface area is 92.3 Å². The Morgan fingerprint density at radius 3 is 2.62 bits per heavy atom. The molecule has 0 amide bonds. The number of aryl methyl sites for hydroxylation is 1. The van der Waals surface area contributed by atoms with Gasteiger partial charge in [-0.15, -0.1) is 0 Å². The quantitative estimate of drug-likeness (QED) is 0.517. The first kappa shape index (κ1) is 10.4. The molecular weight excluding hydrogens is 204 g/mol. The largest absolute Gasteiger partial charge is 0.294 e. The van der Waals surface area contributed by atoms with Crippen molar-refractivity contribution < 1.29 is 0 Å². The lowest BCUT2D eigenvalue weighted by molar-refractivity contribution is 1.09. The van der Waals surface area contributed by atoms with Gasteiger partial charge in [0.15, 0.2) is 0 Å². The third-order valence-electron chi connectivity index (χ3n) is 2.23. The molecule has 0 unspecified atom stereocenters. The number of aromatic amines is 1. The minimum Gasteiger partial charge on any atom is -0.294 e. The highest BCUT2D eigenvalue weighted by Crippen LogP contribution is 2.16. The molecule has 1 heterocycles. The summed E-state index contributed by atoms with van der Waals surface area (Å²) in [5, 5.41) is 0. The van der Waals surface area contributed by atoms with Gasteiger partial charge in [-0.3, -0.25) is 15.2 Å². The normalized spacial score (nSPS) is 10.1. The summed E-state index contributed by atoms with van der Waals surface area (Å²) in [5.74, 6) is 5.46. The number of nitrogens with two attached hydrogens (primary N) is 1. The van der Waals surface area contributed by atoms with Gasteiger partial charge < -0.3 is 0 Å². The zero-order valence-corrected chi connectivity index (χ0v) is 8.82. The zero-order valence-electron chi connectivity index (χ0n) is 8.82. The number of rotatable bonds is 2. The van der Waals surface area contributed by atoms with Crippen LogP contribution < -0.4 is 16.8 Å². The molecule has 5 heteroatoms. The van der Waals surface area contributed by atoms with E-state index in [0.29, 0.717) is 5.69 Å². The van der Waals surface area contributed by atoms with E-state index in [1.54, 1.807) is 0 Å². The smallest absolute Gasteiger partial charge is 0.252 e. The molecule has 0 aliphatic heterocycles. The Balaban J connectivity index is 2.51. The molecule has 0 spiro atoms. The summed E-state index contributed by atoms with van der Waals surface area (Å²) >= 11 is 0. The highest BCUT2D eigenvalue weighted by atomic mass is 16.1. The van der Waals surface area contributed by atoms with Crippen molar-refractivity contribution in [3.05, 3.63) is 46.2 Å². The lowest BCUT2D eigenvalue weighted by Gasteiger charge is -2.03. The number of benzene rings is 1. The molecule has 1 aromatic heterocycles. The maximum absolute atomic E-state index is 11.3. The van der Waals surface area contributed by atoms with Gasteiger partial charge in [0.25, 0.3) is 5.56 Å². The summed E-state index contributed by atoms with van der Waals surface area (Å²) in [4.78, 5) is 18.0. The number of hydrogen-bond donors (Lipinski definition) is 3. The van der Waals surface area contributed by atoms with Gasteiger partial charge in [-0.2, -0.15) is 0 Å².